The number of nitro groups is 1. The summed E-state index contributed by atoms with van der Waals surface area (Å²) < 4.78 is 5.00. The van der Waals surface area contributed by atoms with E-state index in [0.29, 0.717) is 15.6 Å². The topological polar surface area (TPSA) is 106 Å². The van der Waals surface area contributed by atoms with Gasteiger partial charge in [-0.3, -0.25) is 14.9 Å². The maximum Gasteiger partial charge on any atom is 0.334 e. The van der Waals surface area contributed by atoms with E-state index in [1.807, 2.05) is 0 Å². The molecule has 0 spiro atoms. The largest absolute Gasteiger partial charge is 0.481 e. The molecule has 2 aromatic rings. The molecule has 2 rings (SSSR count). The smallest absolute Gasteiger partial charge is 0.334 e. The summed E-state index contributed by atoms with van der Waals surface area (Å²) in [4.78, 5) is 21.6. The van der Waals surface area contributed by atoms with Gasteiger partial charge in [-0.15, -0.1) is 0 Å². The highest BCUT2D eigenvalue weighted by molar-refractivity contribution is 6.35. The minimum atomic E-state index is -1.06. The molecule has 1 heterocycles. The molecule has 0 aliphatic heterocycles. The Morgan fingerprint density at radius 2 is 2.17 bits per heavy atom. The predicted octanol–water partition coefficient (Wildman–Crippen LogP) is 4.00. The number of hydrogen-bond acceptors (Lipinski definition) is 5. The van der Waals surface area contributed by atoms with Gasteiger partial charge in [0.1, 0.15) is 0 Å². The van der Waals surface area contributed by atoms with Crippen LogP contribution in [0.15, 0.2) is 22.7 Å². The Bertz CT molecular complexity index is 760. The van der Waals surface area contributed by atoms with E-state index in [2.05, 4.69) is 5.16 Å². The molecular formula is C14H12Cl2N2O5. The summed E-state index contributed by atoms with van der Waals surface area (Å²) in [5, 5.41) is 24.5. The fourth-order valence-electron chi connectivity index (χ4n) is 2.34. The second-order valence-electron chi connectivity index (χ2n) is 4.96. The first-order chi connectivity index (χ1) is 10.8. The van der Waals surface area contributed by atoms with Gasteiger partial charge in [-0.1, -0.05) is 34.4 Å². The number of rotatable bonds is 6. The summed E-state index contributed by atoms with van der Waals surface area (Å²) in [5.74, 6) is -1.65. The fraction of sp³-hybridized carbons (Fsp3) is 0.286. The van der Waals surface area contributed by atoms with E-state index < -0.39 is 16.8 Å². The van der Waals surface area contributed by atoms with Crippen molar-refractivity contribution in [2.45, 2.75) is 25.7 Å². The van der Waals surface area contributed by atoms with Crippen LogP contribution in [0, 0.1) is 17.0 Å². The highest BCUT2D eigenvalue weighted by atomic mass is 35.5. The van der Waals surface area contributed by atoms with Gasteiger partial charge in [-0.05, 0) is 24.6 Å². The number of aromatic nitrogens is 1. The van der Waals surface area contributed by atoms with Gasteiger partial charge in [0.05, 0.1) is 11.3 Å². The van der Waals surface area contributed by atoms with Crippen molar-refractivity contribution in [1.82, 2.24) is 5.16 Å². The molecule has 1 aromatic carbocycles. The maximum absolute atomic E-state index is 11.1. The number of hydrogen-bond donors (Lipinski definition) is 1. The third-order valence-electron chi connectivity index (χ3n) is 3.34. The first-order valence-corrected chi connectivity index (χ1v) is 7.31. The molecular weight excluding hydrogens is 347 g/mol. The Labute approximate surface area is 140 Å². The zero-order chi connectivity index (χ0) is 17.1. The van der Waals surface area contributed by atoms with Crippen LogP contribution in [0.4, 0.5) is 5.69 Å². The molecule has 23 heavy (non-hydrogen) atoms. The van der Waals surface area contributed by atoms with Gasteiger partial charge in [-0.25, -0.2) is 0 Å². The summed E-state index contributed by atoms with van der Waals surface area (Å²) >= 11 is 12.0. The van der Waals surface area contributed by atoms with E-state index in [1.165, 1.54) is 13.0 Å². The highest BCUT2D eigenvalue weighted by Gasteiger charge is 2.29. The van der Waals surface area contributed by atoms with E-state index in [1.54, 1.807) is 12.1 Å². The SMILES string of the molecule is Cc1noc(CC(CC(=O)O)c2ccc(Cl)cc2Cl)c1[N+](=O)[O-]. The van der Waals surface area contributed by atoms with Gasteiger partial charge in [0, 0.05) is 22.4 Å². The van der Waals surface area contributed by atoms with Gasteiger partial charge in [0.2, 0.25) is 5.76 Å². The summed E-state index contributed by atoms with van der Waals surface area (Å²) in [6, 6.07) is 4.68. The first-order valence-electron chi connectivity index (χ1n) is 6.56. The summed E-state index contributed by atoms with van der Waals surface area (Å²) in [5.41, 5.74) is 0.425. The summed E-state index contributed by atoms with van der Waals surface area (Å²) in [7, 11) is 0. The van der Waals surface area contributed by atoms with Crippen LogP contribution in [0.25, 0.3) is 0 Å². The minimum absolute atomic E-state index is 0.00912. The number of carboxylic acids is 1. The molecule has 0 bridgehead atoms. The number of halogens is 2. The van der Waals surface area contributed by atoms with Gasteiger partial charge >= 0.3 is 11.7 Å². The lowest BCUT2D eigenvalue weighted by Gasteiger charge is -2.15. The van der Waals surface area contributed by atoms with Gasteiger partial charge < -0.3 is 9.63 Å². The zero-order valence-electron chi connectivity index (χ0n) is 12.0. The predicted molar refractivity (Wildman–Crippen MR) is 83.1 cm³/mol. The lowest BCUT2D eigenvalue weighted by molar-refractivity contribution is -0.386. The second kappa shape index (κ2) is 6.97. The third-order valence-corrected chi connectivity index (χ3v) is 3.90. The quantitative estimate of drug-likeness (QED) is 0.617. The standard InChI is InChI=1S/C14H12Cl2N2O5/c1-7-14(18(21)22)12(23-17-7)4-8(5-13(19)20)10-3-2-9(15)6-11(10)16/h2-3,6,8H,4-5H2,1H3,(H,19,20). The first kappa shape index (κ1) is 17.2. The molecule has 0 aliphatic rings. The van der Waals surface area contributed by atoms with E-state index >= 15 is 0 Å². The Balaban J connectivity index is 2.40. The van der Waals surface area contributed by atoms with Crippen molar-refractivity contribution in [2.24, 2.45) is 0 Å². The Morgan fingerprint density at radius 3 is 2.74 bits per heavy atom. The Hall–Kier alpha value is -2.12. The molecule has 7 nitrogen and oxygen atoms in total. The summed E-state index contributed by atoms with van der Waals surface area (Å²) in [6.45, 7) is 1.45. The van der Waals surface area contributed by atoms with Crippen LogP contribution in [0.1, 0.15) is 29.4 Å². The summed E-state index contributed by atoms with van der Waals surface area (Å²) in [6.07, 6.45) is -0.275. The molecule has 122 valence electrons. The van der Waals surface area contributed by atoms with Gasteiger partial charge in [-0.2, -0.15) is 0 Å². The van der Waals surface area contributed by atoms with Crippen molar-refractivity contribution in [3.63, 3.8) is 0 Å². The van der Waals surface area contributed by atoms with E-state index in [-0.39, 0.29) is 30.0 Å². The normalized spacial score (nSPS) is 12.1. The number of aryl methyl sites for hydroxylation is 1. The molecule has 0 saturated carbocycles. The second-order valence-corrected chi connectivity index (χ2v) is 5.81. The third kappa shape index (κ3) is 4.00. The number of carbonyl (C=O) groups is 1. The van der Waals surface area contributed by atoms with Crippen LogP contribution in [0.2, 0.25) is 10.0 Å². The van der Waals surface area contributed by atoms with Crippen molar-refractivity contribution in [3.8, 4) is 0 Å². The zero-order valence-corrected chi connectivity index (χ0v) is 13.5. The van der Waals surface area contributed by atoms with Crippen LogP contribution in [-0.4, -0.2) is 21.2 Å². The van der Waals surface area contributed by atoms with Gasteiger partial charge in [0.25, 0.3) is 0 Å². The van der Waals surface area contributed by atoms with Crippen molar-refractivity contribution < 1.29 is 19.3 Å². The molecule has 0 fully saturated rings. The molecule has 1 aromatic heterocycles. The van der Waals surface area contributed by atoms with Gasteiger partial charge in [0.15, 0.2) is 5.69 Å². The number of carboxylic acid groups (broad SMARTS) is 1. The average Bonchev–Trinajstić information content (AvgIpc) is 2.78. The molecule has 1 atom stereocenters. The van der Waals surface area contributed by atoms with Crippen LogP contribution >= 0.6 is 23.2 Å². The van der Waals surface area contributed by atoms with E-state index in [4.69, 9.17) is 32.8 Å². The van der Waals surface area contributed by atoms with Crippen molar-refractivity contribution in [1.29, 1.82) is 0 Å². The molecule has 9 heteroatoms. The average molecular weight is 359 g/mol. The number of aliphatic carboxylic acids is 1. The van der Waals surface area contributed by atoms with E-state index in [9.17, 15) is 14.9 Å². The van der Waals surface area contributed by atoms with Crippen LogP contribution in [0.5, 0.6) is 0 Å². The lowest BCUT2D eigenvalue weighted by Crippen LogP contribution is -2.10. The maximum atomic E-state index is 11.1. The monoisotopic (exact) mass is 358 g/mol. The molecule has 1 unspecified atom stereocenters. The molecule has 1 N–H and O–H groups in total. The molecule has 0 amide bonds. The minimum Gasteiger partial charge on any atom is -0.481 e. The van der Waals surface area contributed by atoms with Crippen LogP contribution < -0.4 is 0 Å². The molecule has 0 aliphatic carbocycles. The lowest BCUT2D eigenvalue weighted by atomic mass is 9.91. The van der Waals surface area contributed by atoms with Crippen molar-refractivity contribution in [3.05, 3.63) is 55.4 Å². The Morgan fingerprint density at radius 1 is 1.48 bits per heavy atom. The van der Waals surface area contributed by atoms with E-state index in [0.717, 1.165) is 0 Å². The number of nitrogens with zero attached hydrogens (tertiary/aromatic N) is 2. The van der Waals surface area contributed by atoms with Crippen molar-refractivity contribution >= 4 is 34.9 Å². The molecule has 0 saturated heterocycles. The highest BCUT2D eigenvalue weighted by Crippen LogP contribution is 2.35. The Kier molecular flexibility index (Phi) is 5.23. The van der Waals surface area contributed by atoms with Crippen molar-refractivity contribution in [2.75, 3.05) is 0 Å². The fourth-order valence-corrected chi connectivity index (χ4v) is 2.90. The number of benzene rings is 1. The van der Waals surface area contributed by atoms with Crippen LogP contribution in [-0.2, 0) is 11.2 Å². The van der Waals surface area contributed by atoms with Crippen LogP contribution in [0.3, 0.4) is 0 Å². The molecule has 0 radical (unpaired) electrons.